The van der Waals surface area contributed by atoms with Crippen LogP contribution in [0.4, 0.5) is 4.39 Å². The summed E-state index contributed by atoms with van der Waals surface area (Å²) in [5.74, 6) is 0.792. The van der Waals surface area contributed by atoms with Crippen LogP contribution in [0, 0.1) is 5.82 Å². The van der Waals surface area contributed by atoms with Crippen LogP contribution >= 0.6 is 11.8 Å². The van der Waals surface area contributed by atoms with Gasteiger partial charge in [-0.05, 0) is 39.2 Å². The SMILES string of the molecule is CCNC(C)c1cccc(F)c1SCCN(C)C. The zero-order valence-electron chi connectivity index (χ0n) is 11.7. The molecule has 0 saturated carbocycles. The van der Waals surface area contributed by atoms with Gasteiger partial charge in [-0.2, -0.15) is 0 Å². The summed E-state index contributed by atoms with van der Waals surface area (Å²) in [5.41, 5.74) is 1.06. The van der Waals surface area contributed by atoms with E-state index in [4.69, 9.17) is 0 Å². The van der Waals surface area contributed by atoms with Crippen molar-refractivity contribution in [3.63, 3.8) is 0 Å². The van der Waals surface area contributed by atoms with Crippen molar-refractivity contribution in [2.45, 2.75) is 24.8 Å². The average molecular weight is 270 g/mol. The third-order valence-corrected chi connectivity index (χ3v) is 3.87. The van der Waals surface area contributed by atoms with E-state index in [-0.39, 0.29) is 11.9 Å². The Morgan fingerprint density at radius 2 is 2.11 bits per heavy atom. The monoisotopic (exact) mass is 270 g/mol. The molecule has 0 spiro atoms. The van der Waals surface area contributed by atoms with Crippen molar-refractivity contribution in [3.8, 4) is 0 Å². The van der Waals surface area contributed by atoms with E-state index < -0.39 is 0 Å². The van der Waals surface area contributed by atoms with Crippen LogP contribution in [0.25, 0.3) is 0 Å². The van der Waals surface area contributed by atoms with Crippen molar-refractivity contribution in [1.82, 2.24) is 10.2 Å². The van der Waals surface area contributed by atoms with E-state index in [0.717, 1.165) is 29.3 Å². The molecule has 1 aromatic carbocycles. The summed E-state index contributed by atoms with van der Waals surface area (Å²) in [6.45, 7) is 5.98. The Balaban J connectivity index is 2.80. The highest BCUT2D eigenvalue weighted by molar-refractivity contribution is 7.99. The van der Waals surface area contributed by atoms with E-state index in [1.54, 1.807) is 23.9 Å². The van der Waals surface area contributed by atoms with E-state index in [1.807, 2.05) is 20.2 Å². The molecule has 0 aliphatic rings. The van der Waals surface area contributed by atoms with Crippen molar-refractivity contribution in [1.29, 1.82) is 0 Å². The van der Waals surface area contributed by atoms with Gasteiger partial charge in [-0.15, -0.1) is 11.8 Å². The maximum absolute atomic E-state index is 13.9. The normalized spacial score (nSPS) is 13.0. The van der Waals surface area contributed by atoms with Gasteiger partial charge in [-0.3, -0.25) is 0 Å². The minimum absolute atomic E-state index is 0.110. The van der Waals surface area contributed by atoms with E-state index in [2.05, 4.69) is 24.1 Å². The van der Waals surface area contributed by atoms with Crippen molar-refractivity contribution >= 4 is 11.8 Å². The fraction of sp³-hybridized carbons (Fsp3) is 0.571. The Labute approximate surface area is 114 Å². The molecule has 4 heteroatoms. The van der Waals surface area contributed by atoms with Gasteiger partial charge in [0, 0.05) is 23.2 Å². The lowest BCUT2D eigenvalue weighted by Crippen LogP contribution is -2.19. The predicted molar refractivity (Wildman–Crippen MR) is 77.8 cm³/mol. The van der Waals surface area contributed by atoms with Crippen LogP contribution in [0.3, 0.4) is 0 Å². The van der Waals surface area contributed by atoms with Gasteiger partial charge in [-0.1, -0.05) is 19.1 Å². The number of benzene rings is 1. The van der Waals surface area contributed by atoms with Crippen LogP contribution < -0.4 is 5.32 Å². The Bertz CT molecular complexity index is 369. The smallest absolute Gasteiger partial charge is 0.137 e. The number of halogens is 1. The highest BCUT2D eigenvalue weighted by atomic mass is 32.2. The largest absolute Gasteiger partial charge is 0.310 e. The Morgan fingerprint density at radius 3 is 2.72 bits per heavy atom. The van der Waals surface area contributed by atoms with Gasteiger partial charge in [0.2, 0.25) is 0 Å². The lowest BCUT2D eigenvalue weighted by Gasteiger charge is -2.18. The van der Waals surface area contributed by atoms with Crippen molar-refractivity contribution in [2.24, 2.45) is 0 Å². The second-order valence-electron chi connectivity index (χ2n) is 4.59. The molecule has 0 amide bonds. The molecule has 0 heterocycles. The number of thioether (sulfide) groups is 1. The number of nitrogens with zero attached hydrogens (tertiary/aromatic N) is 1. The van der Waals surface area contributed by atoms with E-state index >= 15 is 0 Å². The number of rotatable bonds is 7. The standard InChI is InChI=1S/C14H23FN2S/c1-5-16-11(2)12-7-6-8-13(15)14(12)18-10-9-17(3)4/h6-8,11,16H,5,9-10H2,1-4H3. The van der Waals surface area contributed by atoms with E-state index in [1.165, 1.54) is 0 Å². The summed E-state index contributed by atoms with van der Waals surface area (Å²) >= 11 is 1.60. The van der Waals surface area contributed by atoms with Crippen molar-refractivity contribution in [3.05, 3.63) is 29.6 Å². The van der Waals surface area contributed by atoms with Crippen LogP contribution in [0.2, 0.25) is 0 Å². The van der Waals surface area contributed by atoms with Gasteiger partial charge in [0.25, 0.3) is 0 Å². The molecule has 1 atom stereocenters. The minimum atomic E-state index is -0.110. The number of hydrogen-bond donors (Lipinski definition) is 1. The molecule has 0 aliphatic heterocycles. The molecule has 0 aromatic heterocycles. The molecule has 1 aromatic rings. The first-order chi connectivity index (χ1) is 8.56. The first-order valence-electron chi connectivity index (χ1n) is 6.35. The van der Waals surface area contributed by atoms with E-state index in [0.29, 0.717) is 0 Å². The van der Waals surface area contributed by atoms with Gasteiger partial charge in [0.05, 0.1) is 0 Å². The maximum atomic E-state index is 13.9. The van der Waals surface area contributed by atoms with Crippen molar-refractivity contribution < 1.29 is 4.39 Å². The lowest BCUT2D eigenvalue weighted by atomic mass is 10.1. The van der Waals surface area contributed by atoms with Crippen LogP contribution in [0.1, 0.15) is 25.5 Å². The summed E-state index contributed by atoms with van der Waals surface area (Å²) in [6.07, 6.45) is 0. The zero-order chi connectivity index (χ0) is 13.5. The molecule has 2 nitrogen and oxygen atoms in total. The molecule has 0 aliphatic carbocycles. The van der Waals surface area contributed by atoms with Gasteiger partial charge >= 0.3 is 0 Å². The second kappa shape index (κ2) is 7.77. The summed E-state index contributed by atoms with van der Waals surface area (Å²) < 4.78 is 13.9. The molecule has 0 bridgehead atoms. The molecular formula is C14H23FN2S. The molecule has 102 valence electrons. The highest BCUT2D eigenvalue weighted by Gasteiger charge is 2.13. The van der Waals surface area contributed by atoms with Crippen LogP contribution in [0.15, 0.2) is 23.1 Å². The molecule has 18 heavy (non-hydrogen) atoms. The molecule has 0 saturated heterocycles. The highest BCUT2D eigenvalue weighted by Crippen LogP contribution is 2.30. The first-order valence-corrected chi connectivity index (χ1v) is 7.34. The second-order valence-corrected chi connectivity index (χ2v) is 5.69. The Kier molecular flexibility index (Phi) is 6.68. The Hall–Kier alpha value is -0.580. The zero-order valence-corrected chi connectivity index (χ0v) is 12.5. The van der Waals surface area contributed by atoms with Crippen LogP contribution in [-0.2, 0) is 0 Å². The average Bonchev–Trinajstić information content (AvgIpc) is 2.31. The number of hydrogen-bond acceptors (Lipinski definition) is 3. The van der Waals surface area contributed by atoms with Crippen molar-refractivity contribution in [2.75, 3.05) is 32.9 Å². The summed E-state index contributed by atoms with van der Waals surface area (Å²) in [7, 11) is 4.06. The van der Waals surface area contributed by atoms with E-state index in [9.17, 15) is 4.39 Å². The summed E-state index contributed by atoms with van der Waals surface area (Å²) in [5, 5.41) is 3.34. The third kappa shape index (κ3) is 4.59. The molecule has 0 radical (unpaired) electrons. The molecule has 0 fully saturated rings. The van der Waals surface area contributed by atoms with Crippen LogP contribution in [0.5, 0.6) is 0 Å². The number of nitrogens with one attached hydrogen (secondary N) is 1. The molecule has 1 rings (SSSR count). The molecule has 1 N–H and O–H groups in total. The molecular weight excluding hydrogens is 247 g/mol. The van der Waals surface area contributed by atoms with Gasteiger partial charge < -0.3 is 10.2 Å². The summed E-state index contributed by atoms with van der Waals surface area (Å²) in [6, 6.07) is 5.52. The fourth-order valence-electron chi connectivity index (χ4n) is 1.77. The van der Waals surface area contributed by atoms with Gasteiger partial charge in [0.15, 0.2) is 0 Å². The molecule has 1 unspecified atom stereocenters. The Morgan fingerprint density at radius 1 is 1.39 bits per heavy atom. The minimum Gasteiger partial charge on any atom is -0.310 e. The van der Waals surface area contributed by atoms with Gasteiger partial charge in [0.1, 0.15) is 5.82 Å². The quantitative estimate of drug-likeness (QED) is 0.766. The predicted octanol–water partition coefficient (Wildman–Crippen LogP) is 3.15. The fourth-order valence-corrected chi connectivity index (χ4v) is 3.04. The van der Waals surface area contributed by atoms with Crippen LogP contribution in [-0.4, -0.2) is 37.8 Å². The first kappa shape index (κ1) is 15.5. The third-order valence-electron chi connectivity index (χ3n) is 2.76. The topological polar surface area (TPSA) is 15.3 Å². The summed E-state index contributed by atoms with van der Waals surface area (Å²) in [4.78, 5) is 2.90. The lowest BCUT2D eigenvalue weighted by molar-refractivity contribution is 0.437. The van der Waals surface area contributed by atoms with Gasteiger partial charge in [-0.25, -0.2) is 4.39 Å². The maximum Gasteiger partial charge on any atom is 0.137 e.